The molecule has 1 atom stereocenters. The first-order valence-corrected chi connectivity index (χ1v) is 6.74. The number of aromatic carboxylic acids is 1. The molecule has 1 unspecified atom stereocenters. The van der Waals surface area contributed by atoms with Gasteiger partial charge >= 0.3 is 5.97 Å². The summed E-state index contributed by atoms with van der Waals surface area (Å²) in [5.41, 5.74) is 1.16. The summed E-state index contributed by atoms with van der Waals surface area (Å²) in [7, 11) is 0. The second-order valence-corrected chi connectivity index (χ2v) is 4.90. The van der Waals surface area contributed by atoms with Crippen molar-refractivity contribution in [2.45, 2.75) is 38.6 Å². The van der Waals surface area contributed by atoms with E-state index in [0.717, 1.165) is 24.9 Å². The average Bonchev–Trinajstić information content (AvgIpc) is 2.86. The number of carbonyl (C=O) groups excluding carboxylic acids is 1. The molecule has 0 bridgehead atoms. The number of likely N-dealkylation sites (tertiary alicyclic amines) is 1. The van der Waals surface area contributed by atoms with Crippen LogP contribution in [0.5, 0.6) is 0 Å². The van der Waals surface area contributed by atoms with Gasteiger partial charge in [-0.2, -0.15) is 0 Å². The monoisotopic (exact) mass is 261 g/mol. The van der Waals surface area contributed by atoms with Gasteiger partial charge in [-0.25, -0.2) is 4.79 Å². The minimum atomic E-state index is -0.901. The quantitative estimate of drug-likeness (QED) is 0.905. The third-order valence-electron chi connectivity index (χ3n) is 3.70. The highest BCUT2D eigenvalue weighted by Crippen LogP contribution is 2.23. The Hall–Kier alpha value is -1.84. The number of rotatable bonds is 4. The molecule has 0 radical (unpaired) electrons. The maximum Gasteiger partial charge on any atom is 0.335 e. The smallest absolute Gasteiger partial charge is 0.335 e. The van der Waals surface area contributed by atoms with Gasteiger partial charge in [0, 0.05) is 19.0 Å². The molecule has 1 fully saturated rings. The van der Waals surface area contributed by atoms with Crippen molar-refractivity contribution in [3.05, 3.63) is 35.4 Å². The number of carbonyl (C=O) groups is 2. The van der Waals surface area contributed by atoms with Gasteiger partial charge in [0.15, 0.2) is 0 Å². The van der Waals surface area contributed by atoms with Gasteiger partial charge in [-0.3, -0.25) is 4.79 Å². The Bertz CT molecular complexity index is 484. The third kappa shape index (κ3) is 2.95. The van der Waals surface area contributed by atoms with E-state index in [1.165, 1.54) is 0 Å². The van der Waals surface area contributed by atoms with E-state index in [4.69, 9.17) is 0 Å². The van der Waals surface area contributed by atoms with E-state index in [1.807, 2.05) is 24.0 Å². The first kappa shape index (κ1) is 13.6. The van der Waals surface area contributed by atoms with Crippen molar-refractivity contribution >= 4 is 11.9 Å². The summed E-state index contributed by atoms with van der Waals surface area (Å²) < 4.78 is 0. The Kier molecular flexibility index (Phi) is 4.20. The molecule has 4 heteroatoms. The van der Waals surface area contributed by atoms with Crippen LogP contribution in [0.1, 0.15) is 42.1 Å². The molecule has 0 spiro atoms. The van der Waals surface area contributed by atoms with E-state index in [2.05, 4.69) is 0 Å². The van der Waals surface area contributed by atoms with Crippen LogP contribution in [0.15, 0.2) is 24.3 Å². The summed E-state index contributed by atoms with van der Waals surface area (Å²) in [6, 6.07) is 7.20. The predicted octanol–water partition coefficient (Wildman–Crippen LogP) is 2.33. The van der Waals surface area contributed by atoms with E-state index in [9.17, 15) is 14.7 Å². The summed E-state index contributed by atoms with van der Waals surface area (Å²) >= 11 is 0. The lowest BCUT2D eigenvalue weighted by Crippen LogP contribution is -2.36. The lowest BCUT2D eigenvalue weighted by atomic mass is 9.99. The van der Waals surface area contributed by atoms with Crippen molar-refractivity contribution in [1.29, 1.82) is 0 Å². The van der Waals surface area contributed by atoms with Crippen LogP contribution in [0.3, 0.4) is 0 Å². The fraction of sp³-hybridized carbons (Fsp3) is 0.467. The van der Waals surface area contributed by atoms with Gasteiger partial charge in [0.1, 0.15) is 0 Å². The Morgan fingerprint density at radius 2 is 2.11 bits per heavy atom. The zero-order valence-corrected chi connectivity index (χ0v) is 11.1. The van der Waals surface area contributed by atoms with Crippen molar-refractivity contribution in [2.24, 2.45) is 0 Å². The molecule has 19 heavy (non-hydrogen) atoms. The minimum Gasteiger partial charge on any atom is -0.478 e. The Morgan fingerprint density at radius 1 is 1.37 bits per heavy atom. The van der Waals surface area contributed by atoms with Crippen LogP contribution >= 0.6 is 0 Å². The molecule has 102 valence electrons. The van der Waals surface area contributed by atoms with Gasteiger partial charge in [-0.1, -0.05) is 25.1 Å². The number of carboxylic acid groups (broad SMARTS) is 1. The highest BCUT2D eigenvalue weighted by atomic mass is 16.4. The fourth-order valence-corrected chi connectivity index (χ4v) is 2.74. The molecule has 0 saturated carbocycles. The van der Waals surface area contributed by atoms with Crippen LogP contribution in [-0.2, 0) is 11.2 Å². The Morgan fingerprint density at radius 3 is 2.79 bits per heavy atom. The van der Waals surface area contributed by atoms with Crippen LogP contribution in [0, 0.1) is 0 Å². The van der Waals surface area contributed by atoms with Gasteiger partial charge in [-0.05, 0) is 30.9 Å². The third-order valence-corrected chi connectivity index (χ3v) is 3.70. The highest BCUT2D eigenvalue weighted by Gasteiger charge is 2.28. The van der Waals surface area contributed by atoms with Crippen molar-refractivity contribution in [3.63, 3.8) is 0 Å². The molecule has 4 nitrogen and oxygen atoms in total. The lowest BCUT2D eigenvalue weighted by molar-refractivity contribution is -0.131. The molecule has 1 aromatic carbocycles. The normalized spacial score (nSPS) is 18.6. The van der Waals surface area contributed by atoms with Crippen molar-refractivity contribution in [3.8, 4) is 0 Å². The van der Waals surface area contributed by atoms with Gasteiger partial charge < -0.3 is 10.0 Å². The van der Waals surface area contributed by atoms with Gasteiger partial charge in [0.2, 0.25) is 5.91 Å². The lowest BCUT2D eigenvalue weighted by Gasteiger charge is -2.25. The largest absolute Gasteiger partial charge is 0.478 e. The molecule has 2 rings (SSSR count). The van der Waals surface area contributed by atoms with E-state index in [0.29, 0.717) is 18.4 Å². The van der Waals surface area contributed by atoms with Gasteiger partial charge in [-0.15, -0.1) is 0 Å². The topological polar surface area (TPSA) is 57.6 Å². The molecule has 0 aromatic heterocycles. The van der Waals surface area contributed by atoms with Crippen LogP contribution in [0.25, 0.3) is 0 Å². The average molecular weight is 261 g/mol. The SMILES string of the molecule is CCC(=O)N1CCCC1Cc1ccccc1C(=O)O. The molecule has 1 heterocycles. The van der Waals surface area contributed by atoms with Crippen LogP contribution in [0.4, 0.5) is 0 Å². The number of hydrogen-bond acceptors (Lipinski definition) is 2. The molecular formula is C15H19NO3. The van der Waals surface area contributed by atoms with E-state index >= 15 is 0 Å². The predicted molar refractivity (Wildman–Crippen MR) is 72.1 cm³/mol. The van der Waals surface area contributed by atoms with Crippen molar-refractivity contribution < 1.29 is 14.7 Å². The zero-order valence-electron chi connectivity index (χ0n) is 11.1. The molecule has 1 saturated heterocycles. The summed E-state index contributed by atoms with van der Waals surface area (Å²) in [6.45, 7) is 2.66. The molecule has 0 aliphatic carbocycles. The van der Waals surface area contributed by atoms with E-state index in [1.54, 1.807) is 12.1 Å². The Labute approximate surface area is 113 Å². The number of benzene rings is 1. The van der Waals surface area contributed by atoms with Gasteiger partial charge in [0.25, 0.3) is 0 Å². The maximum atomic E-state index is 11.8. The standard InChI is InChI=1S/C15H19NO3/c1-2-14(17)16-9-5-7-12(16)10-11-6-3-4-8-13(11)15(18)19/h3-4,6,8,12H,2,5,7,9-10H2,1H3,(H,18,19). The number of amides is 1. The first-order chi connectivity index (χ1) is 9.13. The van der Waals surface area contributed by atoms with Gasteiger partial charge in [0.05, 0.1) is 5.56 Å². The second-order valence-electron chi connectivity index (χ2n) is 4.90. The van der Waals surface area contributed by atoms with Crippen molar-refractivity contribution in [2.75, 3.05) is 6.54 Å². The van der Waals surface area contributed by atoms with E-state index < -0.39 is 5.97 Å². The molecule has 1 amide bonds. The zero-order chi connectivity index (χ0) is 13.8. The number of hydrogen-bond donors (Lipinski definition) is 1. The molecular weight excluding hydrogens is 242 g/mol. The van der Waals surface area contributed by atoms with Crippen LogP contribution in [0.2, 0.25) is 0 Å². The van der Waals surface area contributed by atoms with E-state index in [-0.39, 0.29) is 11.9 Å². The molecule has 1 aliphatic heterocycles. The summed E-state index contributed by atoms with van der Waals surface area (Å²) in [6.07, 6.45) is 3.11. The minimum absolute atomic E-state index is 0.146. The number of carboxylic acids is 1. The molecule has 1 aromatic rings. The van der Waals surface area contributed by atoms with Crippen LogP contribution in [-0.4, -0.2) is 34.5 Å². The Balaban J connectivity index is 2.17. The number of nitrogens with zero attached hydrogens (tertiary/aromatic N) is 1. The fourth-order valence-electron chi connectivity index (χ4n) is 2.74. The summed E-state index contributed by atoms with van der Waals surface area (Å²) in [4.78, 5) is 24.9. The summed E-state index contributed by atoms with van der Waals surface area (Å²) in [5.74, 6) is -0.739. The van der Waals surface area contributed by atoms with Crippen LogP contribution < -0.4 is 0 Å². The van der Waals surface area contributed by atoms with Crippen molar-refractivity contribution in [1.82, 2.24) is 4.90 Å². The molecule has 1 N–H and O–H groups in total. The second kappa shape index (κ2) is 5.87. The first-order valence-electron chi connectivity index (χ1n) is 6.74. The maximum absolute atomic E-state index is 11.8. The molecule has 1 aliphatic rings. The summed E-state index contributed by atoms with van der Waals surface area (Å²) in [5, 5.41) is 9.18. The highest BCUT2D eigenvalue weighted by molar-refractivity contribution is 5.89.